The summed E-state index contributed by atoms with van der Waals surface area (Å²) in [6, 6.07) is 10.6. The number of non-ortho nitro benzene ring substituents is 1. The first kappa shape index (κ1) is 16.2. The van der Waals surface area contributed by atoms with Gasteiger partial charge >= 0.3 is 5.97 Å². The van der Waals surface area contributed by atoms with Crippen LogP contribution in [-0.2, 0) is 9.53 Å². The van der Waals surface area contributed by atoms with Crippen LogP contribution in [0, 0.1) is 15.9 Å². The van der Waals surface area contributed by atoms with Crippen LogP contribution in [0.5, 0.6) is 0 Å². The second-order valence-corrected chi connectivity index (χ2v) is 4.59. The number of hydrogen-bond donors (Lipinski definition) is 1. The third-order valence-electron chi connectivity index (χ3n) is 3.18. The van der Waals surface area contributed by atoms with Crippen LogP contribution in [-0.4, -0.2) is 18.0 Å². The molecule has 118 valence electrons. The zero-order chi connectivity index (χ0) is 17.0. The van der Waals surface area contributed by atoms with E-state index in [1.54, 1.807) is 0 Å². The molecule has 23 heavy (non-hydrogen) atoms. The number of benzene rings is 2. The van der Waals surface area contributed by atoms with Gasteiger partial charge in [-0.15, -0.1) is 0 Å². The van der Waals surface area contributed by atoms with Crippen molar-refractivity contribution in [2.24, 2.45) is 5.73 Å². The molecule has 0 bridgehead atoms. The van der Waals surface area contributed by atoms with E-state index in [2.05, 4.69) is 0 Å². The molecule has 0 aliphatic rings. The quantitative estimate of drug-likeness (QED) is 0.308. The maximum atomic E-state index is 13.0. The van der Waals surface area contributed by atoms with E-state index in [1.165, 1.54) is 55.6 Å². The second kappa shape index (κ2) is 6.69. The minimum Gasteiger partial charge on any atom is -0.465 e. The van der Waals surface area contributed by atoms with Gasteiger partial charge in [0.2, 0.25) is 0 Å². The lowest BCUT2D eigenvalue weighted by molar-refractivity contribution is -0.384. The number of rotatable bonds is 4. The molecule has 0 amide bonds. The molecule has 6 nitrogen and oxygen atoms in total. The average molecular weight is 316 g/mol. The summed E-state index contributed by atoms with van der Waals surface area (Å²) in [5, 5.41) is 10.7. The maximum Gasteiger partial charge on any atom is 0.340 e. The predicted molar refractivity (Wildman–Crippen MR) is 82.5 cm³/mol. The molecule has 0 aromatic heterocycles. The Morgan fingerprint density at radius 1 is 1.09 bits per heavy atom. The van der Waals surface area contributed by atoms with E-state index in [0.717, 1.165) is 0 Å². The topological polar surface area (TPSA) is 95.5 Å². The highest BCUT2D eigenvalue weighted by Gasteiger charge is 2.19. The van der Waals surface area contributed by atoms with Crippen LogP contribution in [0.1, 0.15) is 11.1 Å². The number of nitro groups is 1. The van der Waals surface area contributed by atoms with E-state index in [9.17, 15) is 19.3 Å². The number of methoxy groups -OCH3 is 1. The lowest BCUT2D eigenvalue weighted by atomic mass is 9.99. The molecule has 0 atom stereocenters. The Bertz CT molecular complexity index is 768. The van der Waals surface area contributed by atoms with Crippen LogP contribution in [0.4, 0.5) is 10.1 Å². The molecule has 7 heteroatoms. The molecule has 2 N–H and O–H groups in total. The summed E-state index contributed by atoms with van der Waals surface area (Å²) in [5.74, 6) is -1.13. The van der Waals surface area contributed by atoms with Gasteiger partial charge in [-0.05, 0) is 47.5 Å². The molecule has 2 aromatic rings. The molecule has 0 saturated heterocycles. The summed E-state index contributed by atoms with van der Waals surface area (Å²) in [7, 11) is 1.20. The van der Waals surface area contributed by atoms with Crippen molar-refractivity contribution in [3.63, 3.8) is 0 Å². The first-order chi connectivity index (χ1) is 10.9. The standard InChI is InChI=1S/C16H13FN2O4/c1-23-16(20)14(10-4-8-13(9-5-10)19(21)22)15(18)11-2-6-12(17)7-3-11/h2-9H,18H2,1H3/b15-14-. The summed E-state index contributed by atoms with van der Waals surface area (Å²) in [6.07, 6.45) is 0. The molecule has 0 fully saturated rings. The fourth-order valence-electron chi connectivity index (χ4n) is 2.01. The maximum absolute atomic E-state index is 13.0. The number of halogens is 1. The molecular formula is C16H13FN2O4. The van der Waals surface area contributed by atoms with Crippen LogP contribution in [0.3, 0.4) is 0 Å². The van der Waals surface area contributed by atoms with Gasteiger partial charge in [0, 0.05) is 12.1 Å². The van der Waals surface area contributed by atoms with Gasteiger partial charge in [0.25, 0.3) is 5.69 Å². The van der Waals surface area contributed by atoms with Crippen LogP contribution in [0.2, 0.25) is 0 Å². The van der Waals surface area contributed by atoms with E-state index >= 15 is 0 Å². The van der Waals surface area contributed by atoms with Crippen LogP contribution in [0.25, 0.3) is 11.3 Å². The lowest BCUT2D eigenvalue weighted by Crippen LogP contribution is -2.11. The molecule has 0 unspecified atom stereocenters. The molecule has 0 spiro atoms. The van der Waals surface area contributed by atoms with Gasteiger partial charge in [-0.3, -0.25) is 10.1 Å². The Kier molecular flexibility index (Phi) is 4.70. The molecular weight excluding hydrogens is 303 g/mol. The van der Waals surface area contributed by atoms with Gasteiger partial charge in [-0.1, -0.05) is 0 Å². The lowest BCUT2D eigenvalue weighted by Gasteiger charge is -2.11. The Morgan fingerprint density at radius 3 is 2.09 bits per heavy atom. The van der Waals surface area contributed by atoms with Crippen LogP contribution < -0.4 is 5.73 Å². The van der Waals surface area contributed by atoms with Crippen LogP contribution in [0.15, 0.2) is 48.5 Å². The molecule has 0 aliphatic heterocycles. The van der Waals surface area contributed by atoms with E-state index in [-0.39, 0.29) is 17.0 Å². The molecule has 2 aromatic carbocycles. The van der Waals surface area contributed by atoms with E-state index < -0.39 is 16.7 Å². The molecule has 0 aliphatic carbocycles. The SMILES string of the molecule is COC(=O)/C(=C(\N)c1ccc(F)cc1)c1ccc([N+](=O)[O-])cc1. The van der Waals surface area contributed by atoms with Crippen molar-refractivity contribution in [3.8, 4) is 0 Å². The highest BCUT2D eigenvalue weighted by Crippen LogP contribution is 2.26. The van der Waals surface area contributed by atoms with Crippen molar-refractivity contribution in [2.45, 2.75) is 0 Å². The monoisotopic (exact) mass is 316 g/mol. The second-order valence-electron chi connectivity index (χ2n) is 4.59. The van der Waals surface area contributed by atoms with E-state index in [1.807, 2.05) is 0 Å². The van der Waals surface area contributed by atoms with E-state index in [0.29, 0.717) is 11.1 Å². The number of ether oxygens (including phenoxy) is 1. The number of nitrogens with zero attached hydrogens (tertiary/aromatic N) is 1. The summed E-state index contributed by atoms with van der Waals surface area (Å²) < 4.78 is 17.7. The van der Waals surface area contributed by atoms with Gasteiger partial charge in [0.1, 0.15) is 5.82 Å². The zero-order valence-corrected chi connectivity index (χ0v) is 12.2. The third-order valence-corrected chi connectivity index (χ3v) is 3.18. The van der Waals surface area contributed by atoms with Crippen LogP contribution >= 0.6 is 0 Å². The fourth-order valence-corrected chi connectivity index (χ4v) is 2.01. The Morgan fingerprint density at radius 2 is 1.61 bits per heavy atom. The summed E-state index contributed by atoms with van der Waals surface area (Å²) in [6.45, 7) is 0. The summed E-state index contributed by atoms with van der Waals surface area (Å²) in [5.41, 5.74) is 6.84. The Labute approximate surface area is 131 Å². The predicted octanol–water partition coefficient (Wildman–Crippen LogP) is 2.73. The first-order valence-electron chi connectivity index (χ1n) is 6.53. The third kappa shape index (κ3) is 3.52. The van der Waals surface area contributed by atoms with Crippen molar-refractivity contribution in [1.82, 2.24) is 0 Å². The minimum absolute atomic E-state index is 0.0500. The van der Waals surface area contributed by atoms with Gasteiger partial charge in [0.15, 0.2) is 0 Å². The van der Waals surface area contributed by atoms with Gasteiger partial charge in [-0.25, -0.2) is 9.18 Å². The smallest absolute Gasteiger partial charge is 0.340 e. The van der Waals surface area contributed by atoms with Crippen molar-refractivity contribution in [2.75, 3.05) is 7.11 Å². The van der Waals surface area contributed by atoms with Gasteiger partial charge < -0.3 is 10.5 Å². The zero-order valence-electron chi connectivity index (χ0n) is 12.2. The molecule has 0 saturated carbocycles. The summed E-state index contributed by atoms with van der Waals surface area (Å²) >= 11 is 0. The highest BCUT2D eigenvalue weighted by atomic mass is 19.1. The molecule has 2 rings (SSSR count). The first-order valence-corrected chi connectivity index (χ1v) is 6.53. The number of nitrogens with two attached hydrogens (primary N) is 1. The summed E-state index contributed by atoms with van der Waals surface area (Å²) in [4.78, 5) is 22.2. The van der Waals surface area contributed by atoms with Crippen molar-refractivity contribution in [3.05, 3.63) is 75.6 Å². The van der Waals surface area contributed by atoms with E-state index in [4.69, 9.17) is 10.5 Å². The minimum atomic E-state index is -0.694. The normalized spacial score (nSPS) is 11.6. The number of carbonyl (C=O) groups is 1. The number of esters is 1. The molecule has 0 heterocycles. The Hall–Kier alpha value is -3.22. The van der Waals surface area contributed by atoms with Gasteiger partial charge in [0.05, 0.1) is 23.3 Å². The van der Waals surface area contributed by atoms with Crippen molar-refractivity contribution < 1.29 is 18.8 Å². The van der Waals surface area contributed by atoms with Gasteiger partial charge in [-0.2, -0.15) is 0 Å². The largest absolute Gasteiger partial charge is 0.465 e. The van der Waals surface area contributed by atoms with Crippen molar-refractivity contribution in [1.29, 1.82) is 0 Å². The average Bonchev–Trinajstić information content (AvgIpc) is 2.55. The number of hydrogen-bond acceptors (Lipinski definition) is 5. The molecule has 0 radical (unpaired) electrons. The van der Waals surface area contributed by atoms with Crippen molar-refractivity contribution >= 4 is 22.9 Å². The number of carbonyl (C=O) groups excluding carboxylic acids is 1. The fraction of sp³-hybridized carbons (Fsp3) is 0.0625. The number of nitro benzene ring substituents is 1. The highest BCUT2D eigenvalue weighted by molar-refractivity contribution is 6.24. The Balaban J connectivity index is 2.56.